The Morgan fingerprint density at radius 2 is 1.90 bits per heavy atom. The molecule has 0 bridgehead atoms. The summed E-state index contributed by atoms with van der Waals surface area (Å²) in [5.74, 6) is 1.31. The van der Waals surface area contributed by atoms with Crippen molar-refractivity contribution in [3.63, 3.8) is 0 Å². The minimum Gasteiger partial charge on any atom is -0.458 e. The lowest BCUT2D eigenvalue weighted by Gasteiger charge is -2.60. The molecular weight excluding hydrogens is 384 g/mol. The van der Waals surface area contributed by atoms with E-state index in [9.17, 15) is 14.4 Å². The SMILES string of the molecule is CC(=O)SC1CC2=CC(=O)C=C[C@]2(C)C2CC[C@@]3(C)C(CCC34CCC(=O)O4)C12. The molecule has 5 rings (SSSR count). The van der Waals surface area contributed by atoms with Crippen LogP contribution in [0.4, 0.5) is 0 Å². The molecule has 5 heteroatoms. The molecule has 1 saturated heterocycles. The number of esters is 1. The first-order valence-corrected chi connectivity index (χ1v) is 11.9. The van der Waals surface area contributed by atoms with Gasteiger partial charge in [0.15, 0.2) is 10.9 Å². The van der Waals surface area contributed by atoms with Gasteiger partial charge in [-0.25, -0.2) is 0 Å². The predicted molar refractivity (Wildman–Crippen MR) is 112 cm³/mol. The van der Waals surface area contributed by atoms with Crippen LogP contribution in [0.25, 0.3) is 0 Å². The quantitative estimate of drug-likeness (QED) is 0.586. The molecular formula is C24H30O4S. The number of rotatable bonds is 1. The van der Waals surface area contributed by atoms with E-state index >= 15 is 0 Å². The minimum atomic E-state index is -0.305. The molecule has 0 N–H and O–H groups in total. The van der Waals surface area contributed by atoms with Gasteiger partial charge in [0.25, 0.3) is 0 Å². The molecule has 0 aromatic rings. The Morgan fingerprint density at radius 3 is 2.59 bits per heavy atom. The summed E-state index contributed by atoms with van der Waals surface area (Å²) in [7, 11) is 0. The first-order chi connectivity index (χ1) is 13.7. The fraction of sp³-hybridized carbons (Fsp3) is 0.708. The molecule has 4 fully saturated rings. The van der Waals surface area contributed by atoms with Gasteiger partial charge < -0.3 is 4.74 Å². The molecule has 0 aromatic heterocycles. The Bertz CT molecular complexity index is 859. The van der Waals surface area contributed by atoms with E-state index in [1.54, 1.807) is 13.0 Å². The van der Waals surface area contributed by atoms with Crippen LogP contribution < -0.4 is 0 Å². The van der Waals surface area contributed by atoms with Gasteiger partial charge in [-0.05, 0) is 68.4 Å². The third kappa shape index (κ3) is 2.62. The van der Waals surface area contributed by atoms with Crippen molar-refractivity contribution in [3.8, 4) is 0 Å². The van der Waals surface area contributed by atoms with Gasteiger partial charge in [0, 0.05) is 29.4 Å². The fourth-order valence-corrected chi connectivity index (χ4v) is 9.00. The zero-order chi connectivity index (χ0) is 20.6. The normalized spacial score (nSPS) is 48.0. The highest BCUT2D eigenvalue weighted by Crippen LogP contribution is 2.70. The molecule has 7 atom stereocenters. The molecule has 4 nitrogen and oxygen atoms in total. The van der Waals surface area contributed by atoms with Gasteiger partial charge in [0.1, 0.15) is 5.60 Å². The van der Waals surface area contributed by atoms with Crippen molar-refractivity contribution >= 4 is 28.6 Å². The third-order valence-electron chi connectivity index (χ3n) is 9.20. The van der Waals surface area contributed by atoms with Crippen molar-refractivity contribution in [2.45, 2.75) is 76.6 Å². The number of hydrogen-bond acceptors (Lipinski definition) is 5. The number of ketones is 1. The number of ether oxygens (including phenoxy) is 1. The van der Waals surface area contributed by atoms with Crippen molar-refractivity contribution in [1.82, 2.24) is 0 Å². The molecule has 5 aliphatic rings. The Balaban J connectivity index is 1.57. The molecule has 1 heterocycles. The second-order valence-corrected chi connectivity index (χ2v) is 11.7. The summed E-state index contributed by atoms with van der Waals surface area (Å²) in [6, 6.07) is 0. The summed E-state index contributed by atoms with van der Waals surface area (Å²) in [4.78, 5) is 36.3. The molecule has 4 aliphatic carbocycles. The predicted octanol–water partition coefficient (Wildman–Crippen LogP) is 4.63. The van der Waals surface area contributed by atoms with E-state index in [-0.39, 0.29) is 38.5 Å². The van der Waals surface area contributed by atoms with Crippen molar-refractivity contribution in [3.05, 3.63) is 23.8 Å². The molecule has 5 unspecified atom stereocenters. The van der Waals surface area contributed by atoms with E-state index in [1.165, 1.54) is 17.3 Å². The van der Waals surface area contributed by atoms with Gasteiger partial charge in [0.2, 0.25) is 0 Å². The van der Waals surface area contributed by atoms with E-state index in [4.69, 9.17) is 4.74 Å². The monoisotopic (exact) mass is 414 g/mol. The van der Waals surface area contributed by atoms with Crippen molar-refractivity contribution in [2.75, 3.05) is 0 Å². The average Bonchev–Trinajstić information content (AvgIpc) is 3.17. The summed E-state index contributed by atoms with van der Waals surface area (Å²) in [5.41, 5.74) is 0.784. The number of thioether (sulfide) groups is 1. The van der Waals surface area contributed by atoms with Crippen LogP contribution in [0.3, 0.4) is 0 Å². The highest BCUT2D eigenvalue weighted by atomic mass is 32.2. The lowest BCUT2D eigenvalue weighted by Crippen LogP contribution is -2.57. The standard InChI is InChI=1S/C24H30O4S/c1-14(25)29-19-13-15-12-16(26)4-8-22(15,2)17-5-9-23(3)18(21(17)19)6-10-24(23)11-7-20(27)28-24/h4,8,12,17-19,21H,5-7,9-11,13H2,1-3H3/t17?,18?,19?,21?,22-,23-,24?/m0/s1. The first-order valence-electron chi connectivity index (χ1n) is 11.0. The van der Waals surface area contributed by atoms with E-state index in [1.807, 2.05) is 6.08 Å². The summed E-state index contributed by atoms with van der Waals surface area (Å²) < 4.78 is 6.04. The first kappa shape index (κ1) is 19.6. The zero-order valence-electron chi connectivity index (χ0n) is 17.5. The summed E-state index contributed by atoms with van der Waals surface area (Å²) in [6.45, 7) is 6.30. The summed E-state index contributed by atoms with van der Waals surface area (Å²) >= 11 is 1.47. The molecule has 3 saturated carbocycles. The number of carbonyl (C=O) groups excluding carboxylic acids is 3. The molecule has 1 spiro atoms. The van der Waals surface area contributed by atoms with Crippen molar-refractivity contribution < 1.29 is 19.1 Å². The van der Waals surface area contributed by atoms with Gasteiger partial charge in [-0.15, -0.1) is 0 Å². The van der Waals surface area contributed by atoms with Gasteiger partial charge in [-0.1, -0.05) is 37.3 Å². The molecule has 0 radical (unpaired) electrons. The molecule has 0 amide bonds. The summed E-state index contributed by atoms with van der Waals surface area (Å²) in [5, 5.41) is 0.357. The number of hydrogen-bond donors (Lipinski definition) is 0. The largest absolute Gasteiger partial charge is 0.458 e. The summed E-state index contributed by atoms with van der Waals surface area (Å²) in [6.07, 6.45) is 12.0. The van der Waals surface area contributed by atoms with E-state index < -0.39 is 0 Å². The van der Waals surface area contributed by atoms with Crippen LogP contribution in [0.15, 0.2) is 23.8 Å². The van der Waals surface area contributed by atoms with Crippen LogP contribution in [0, 0.1) is 28.6 Å². The minimum absolute atomic E-state index is 0.0122. The molecule has 29 heavy (non-hydrogen) atoms. The lowest BCUT2D eigenvalue weighted by molar-refractivity contribution is -0.166. The van der Waals surface area contributed by atoms with E-state index in [2.05, 4.69) is 19.9 Å². The average molecular weight is 415 g/mol. The van der Waals surface area contributed by atoms with Gasteiger partial charge in [0.05, 0.1) is 0 Å². The van der Waals surface area contributed by atoms with Crippen molar-refractivity contribution in [2.24, 2.45) is 28.6 Å². The fourth-order valence-electron chi connectivity index (χ4n) is 7.77. The van der Waals surface area contributed by atoms with Crippen LogP contribution >= 0.6 is 11.8 Å². The van der Waals surface area contributed by atoms with Crippen LogP contribution in [-0.4, -0.2) is 27.7 Å². The number of carbonyl (C=O) groups is 3. The molecule has 0 aromatic carbocycles. The Hall–Kier alpha value is -1.36. The zero-order valence-corrected chi connectivity index (χ0v) is 18.3. The third-order valence-corrected chi connectivity index (χ3v) is 10.3. The maximum absolute atomic E-state index is 12.1. The number of allylic oxidation sites excluding steroid dienone is 4. The Morgan fingerprint density at radius 1 is 1.14 bits per heavy atom. The maximum atomic E-state index is 12.1. The smallest absolute Gasteiger partial charge is 0.306 e. The van der Waals surface area contributed by atoms with Crippen LogP contribution in [-0.2, 0) is 19.1 Å². The highest BCUT2D eigenvalue weighted by Gasteiger charge is 2.68. The number of fused-ring (bicyclic) bond motifs is 6. The van der Waals surface area contributed by atoms with Crippen LogP contribution in [0.5, 0.6) is 0 Å². The molecule has 156 valence electrons. The van der Waals surface area contributed by atoms with E-state index in [0.717, 1.165) is 38.5 Å². The van der Waals surface area contributed by atoms with Crippen molar-refractivity contribution in [1.29, 1.82) is 0 Å². The van der Waals surface area contributed by atoms with Gasteiger partial charge in [-0.2, -0.15) is 0 Å². The highest BCUT2D eigenvalue weighted by molar-refractivity contribution is 8.14. The topological polar surface area (TPSA) is 60.4 Å². The Labute approximate surface area is 176 Å². The molecule has 1 aliphatic heterocycles. The van der Waals surface area contributed by atoms with Crippen LogP contribution in [0.1, 0.15) is 65.7 Å². The second kappa shape index (κ2) is 6.32. The van der Waals surface area contributed by atoms with E-state index in [0.29, 0.717) is 24.2 Å². The maximum Gasteiger partial charge on any atom is 0.306 e. The second-order valence-electron chi connectivity index (χ2n) is 10.3. The van der Waals surface area contributed by atoms with Crippen LogP contribution in [0.2, 0.25) is 0 Å². The van der Waals surface area contributed by atoms with Gasteiger partial charge >= 0.3 is 5.97 Å². The Kier molecular flexibility index (Phi) is 4.27. The lowest BCUT2D eigenvalue weighted by atomic mass is 9.47. The van der Waals surface area contributed by atoms with Gasteiger partial charge in [-0.3, -0.25) is 14.4 Å².